The minimum absolute atomic E-state index is 0.0209. The van der Waals surface area contributed by atoms with Crippen molar-refractivity contribution in [2.75, 3.05) is 13.1 Å². The van der Waals surface area contributed by atoms with Crippen LogP contribution in [0.3, 0.4) is 0 Å². The Labute approximate surface area is 233 Å². The van der Waals surface area contributed by atoms with Gasteiger partial charge in [-0.1, -0.05) is 18.5 Å². The molecule has 208 valence electrons. The number of pyridine rings is 1. The van der Waals surface area contributed by atoms with Crippen molar-refractivity contribution in [3.05, 3.63) is 92.6 Å². The van der Waals surface area contributed by atoms with Crippen molar-refractivity contribution in [3.8, 4) is 17.4 Å². The zero-order chi connectivity index (χ0) is 28.6. The first-order chi connectivity index (χ1) is 19.2. The molecule has 1 aliphatic heterocycles. The number of halogens is 3. The molecule has 2 atom stereocenters. The molecule has 0 saturated carbocycles. The predicted octanol–water partition coefficient (Wildman–Crippen LogP) is 4.79. The van der Waals surface area contributed by atoms with Crippen LogP contribution < -0.4 is 5.56 Å². The summed E-state index contributed by atoms with van der Waals surface area (Å²) in [6.07, 6.45) is 4.06. The lowest BCUT2D eigenvalue weighted by atomic mass is 10.0. The van der Waals surface area contributed by atoms with E-state index in [-0.39, 0.29) is 36.0 Å². The van der Waals surface area contributed by atoms with Gasteiger partial charge < -0.3 is 10.0 Å². The lowest BCUT2D eigenvalue weighted by Crippen LogP contribution is -2.38. The molecule has 1 N–H and O–H groups in total. The number of benzene rings is 1. The summed E-state index contributed by atoms with van der Waals surface area (Å²) in [5, 5.41) is 15.8. The molecule has 5 rings (SSSR count). The van der Waals surface area contributed by atoms with Crippen LogP contribution in [-0.4, -0.2) is 53.3 Å². The summed E-state index contributed by atoms with van der Waals surface area (Å²) in [7, 11) is 0. The molecule has 0 aliphatic carbocycles. The lowest BCUT2D eigenvalue weighted by Gasteiger charge is -2.24. The number of aromatic nitrogens is 5. The summed E-state index contributed by atoms with van der Waals surface area (Å²) >= 11 is 5.95. The molecule has 4 heterocycles. The Morgan fingerprint density at radius 1 is 1.18 bits per heavy atom. The van der Waals surface area contributed by atoms with Gasteiger partial charge >= 0.3 is 0 Å². The van der Waals surface area contributed by atoms with E-state index in [1.165, 1.54) is 15.7 Å². The molecule has 1 aliphatic rings. The topological polar surface area (TPSA) is 106 Å². The summed E-state index contributed by atoms with van der Waals surface area (Å²) in [4.78, 5) is 37.8. The smallest absolute Gasteiger partial charge is 0.271 e. The van der Waals surface area contributed by atoms with Gasteiger partial charge in [-0.05, 0) is 55.7 Å². The van der Waals surface area contributed by atoms with Gasteiger partial charge in [-0.25, -0.2) is 8.78 Å². The fourth-order valence-corrected chi connectivity index (χ4v) is 5.26. The van der Waals surface area contributed by atoms with E-state index in [9.17, 15) is 23.5 Å². The quantitative estimate of drug-likeness (QED) is 0.344. The molecule has 0 radical (unpaired) electrons. The minimum Gasteiger partial charge on any atom is -0.493 e. The number of likely N-dealkylation sites (tertiary alicyclic amines) is 1. The number of hydrogen-bond donors (Lipinski definition) is 1. The normalized spacial score (nSPS) is 15.9. The first-order valence-corrected chi connectivity index (χ1v) is 13.3. The average molecular weight is 569 g/mol. The second kappa shape index (κ2) is 11.2. The fourth-order valence-electron chi connectivity index (χ4n) is 5.14. The molecule has 40 heavy (non-hydrogen) atoms. The van der Waals surface area contributed by atoms with Gasteiger partial charge in [0, 0.05) is 49.7 Å². The van der Waals surface area contributed by atoms with Crippen molar-refractivity contribution >= 4 is 17.5 Å². The summed E-state index contributed by atoms with van der Waals surface area (Å²) in [5.74, 6) is -3.13. The van der Waals surface area contributed by atoms with Gasteiger partial charge in [0.05, 0.1) is 11.1 Å². The Hall–Kier alpha value is -4.12. The number of aryl methyl sites for hydroxylation is 1. The first kappa shape index (κ1) is 27.4. The molecular weight excluding hydrogens is 542 g/mol. The molecular formula is C28H27ClF2N6O3. The van der Waals surface area contributed by atoms with Gasteiger partial charge in [0.1, 0.15) is 17.3 Å². The number of hydrogen-bond acceptors (Lipinski definition) is 6. The second-order valence-electron chi connectivity index (χ2n) is 9.63. The Morgan fingerprint density at radius 2 is 1.93 bits per heavy atom. The van der Waals surface area contributed by atoms with Gasteiger partial charge in [0.2, 0.25) is 5.88 Å². The zero-order valence-corrected chi connectivity index (χ0v) is 22.6. The minimum atomic E-state index is -0.899. The van der Waals surface area contributed by atoms with Crippen molar-refractivity contribution in [3.63, 3.8) is 0 Å². The summed E-state index contributed by atoms with van der Waals surface area (Å²) < 4.78 is 31.2. The maximum Gasteiger partial charge on any atom is 0.271 e. The van der Waals surface area contributed by atoms with Crippen LogP contribution in [0.15, 0.2) is 53.6 Å². The Kier molecular flexibility index (Phi) is 7.66. The lowest BCUT2D eigenvalue weighted by molar-refractivity contribution is 0.0784. The molecule has 1 aromatic carbocycles. The zero-order valence-electron chi connectivity index (χ0n) is 21.9. The molecule has 1 amide bonds. The number of nitrogens with zero attached hydrogens (tertiary/aromatic N) is 6. The number of rotatable bonds is 7. The van der Waals surface area contributed by atoms with Crippen LogP contribution in [-0.2, 0) is 6.54 Å². The standard InChI is InChI=1S/C28H27ClF2N6O3/c1-3-23(17-11-19(30)13-20(31)12-17)37-25(22-8-10-36(4-2)34-22)33-26(38)24(28(37)40)27(39)35-9-7-16(15-35)21-6-5-18(29)14-32-21/h5-6,8,10-14,16,23,38H,3-4,7,9,15H2,1-2H3/t16?,23-/m0/s1. The number of aromatic hydroxyl groups is 1. The highest BCUT2D eigenvalue weighted by molar-refractivity contribution is 6.30. The van der Waals surface area contributed by atoms with Gasteiger partial charge in [-0.15, -0.1) is 0 Å². The van der Waals surface area contributed by atoms with E-state index >= 15 is 0 Å². The third-order valence-corrected chi connectivity index (χ3v) is 7.34. The number of carbonyl (C=O) groups excluding carboxylic acids is 1. The maximum atomic E-state index is 14.2. The summed E-state index contributed by atoms with van der Waals surface area (Å²) in [5.41, 5.74) is -0.139. The molecule has 0 bridgehead atoms. The van der Waals surface area contributed by atoms with Crippen LogP contribution in [0, 0.1) is 11.6 Å². The predicted molar refractivity (Wildman–Crippen MR) is 144 cm³/mol. The third kappa shape index (κ3) is 5.21. The van der Waals surface area contributed by atoms with Gasteiger partial charge in [0.25, 0.3) is 11.5 Å². The van der Waals surface area contributed by atoms with Gasteiger partial charge in [-0.3, -0.25) is 23.8 Å². The van der Waals surface area contributed by atoms with Crippen LogP contribution >= 0.6 is 11.6 Å². The van der Waals surface area contributed by atoms with Crippen LogP contribution in [0.25, 0.3) is 11.5 Å². The van der Waals surface area contributed by atoms with Crippen LogP contribution in [0.1, 0.15) is 60.3 Å². The molecule has 12 heteroatoms. The fraction of sp³-hybridized carbons (Fsp3) is 0.321. The number of amides is 1. The summed E-state index contributed by atoms with van der Waals surface area (Å²) in [6.45, 7) is 4.78. The average Bonchev–Trinajstić information content (AvgIpc) is 3.60. The highest BCUT2D eigenvalue weighted by Gasteiger charge is 2.34. The van der Waals surface area contributed by atoms with Crippen molar-refractivity contribution in [2.45, 2.75) is 45.2 Å². The Morgan fingerprint density at radius 3 is 2.55 bits per heavy atom. The van der Waals surface area contributed by atoms with Crippen LogP contribution in [0.2, 0.25) is 5.02 Å². The van der Waals surface area contributed by atoms with Crippen LogP contribution in [0.4, 0.5) is 8.78 Å². The Bertz CT molecular complexity index is 1600. The van der Waals surface area contributed by atoms with E-state index in [2.05, 4.69) is 15.1 Å². The maximum absolute atomic E-state index is 14.2. The molecule has 1 unspecified atom stereocenters. The monoisotopic (exact) mass is 568 g/mol. The van der Waals surface area contributed by atoms with E-state index in [0.29, 0.717) is 24.5 Å². The largest absolute Gasteiger partial charge is 0.493 e. The van der Waals surface area contributed by atoms with E-state index in [1.807, 2.05) is 6.92 Å². The molecule has 0 spiro atoms. The van der Waals surface area contributed by atoms with Crippen molar-refractivity contribution in [1.82, 2.24) is 29.2 Å². The van der Waals surface area contributed by atoms with E-state index < -0.39 is 40.6 Å². The number of carbonyl (C=O) groups is 1. The highest BCUT2D eigenvalue weighted by atomic mass is 35.5. The van der Waals surface area contributed by atoms with Gasteiger partial charge in [0.15, 0.2) is 11.4 Å². The summed E-state index contributed by atoms with van der Waals surface area (Å²) in [6, 6.07) is 7.25. The van der Waals surface area contributed by atoms with E-state index in [4.69, 9.17) is 11.6 Å². The van der Waals surface area contributed by atoms with Crippen LogP contribution in [0.5, 0.6) is 5.88 Å². The molecule has 1 fully saturated rings. The SMILES string of the molecule is CC[C@@H](c1cc(F)cc(F)c1)n1c(-c2ccn(CC)n2)nc(O)c(C(=O)N2CCC(c3ccc(Cl)cn3)C2)c1=O. The Balaban J connectivity index is 1.60. The van der Waals surface area contributed by atoms with E-state index in [0.717, 1.165) is 23.9 Å². The molecule has 1 saturated heterocycles. The second-order valence-corrected chi connectivity index (χ2v) is 10.1. The van der Waals surface area contributed by atoms with Crippen molar-refractivity contribution < 1.29 is 18.7 Å². The van der Waals surface area contributed by atoms with Gasteiger partial charge in [-0.2, -0.15) is 10.1 Å². The third-order valence-electron chi connectivity index (χ3n) is 7.12. The van der Waals surface area contributed by atoms with E-state index in [1.54, 1.807) is 36.0 Å². The molecule has 3 aromatic heterocycles. The molecule has 9 nitrogen and oxygen atoms in total. The first-order valence-electron chi connectivity index (χ1n) is 13.0. The van der Waals surface area contributed by atoms with Crippen molar-refractivity contribution in [1.29, 1.82) is 0 Å². The van der Waals surface area contributed by atoms with Crippen molar-refractivity contribution in [2.24, 2.45) is 0 Å². The highest BCUT2D eigenvalue weighted by Crippen LogP contribution is 2.31. The molecule has 4 aromatic rings.